The van der Waals surface area contributed by atoms with Gasteiger partial charge in [-0.15, -0.1) is 0 Å². The number of fused-ring (bicyclic) bond motifs is 3. The Balaban J connectivity index is 1.61. The number of halogens is 1. The van der Waals surface area contributed by atoms with E-state index in [0.717, 1.165) is 22.8 Å². The summed E-state index contributed by atoms with van der Waals surface area (Å²) in [5.74, 6) is 0.680. The topological polar surface area (TPSA) is 21.6 Å². The third-order valence-electron chi connectivity index (χ3n) is 5.94. The maximum Gasteiger partial charge on any atom is 0.142 e. The highest BCUT2D eigenvalue weighted by Gasteiger charge is 2.44. The van der Waals surface area contributed by atoms with Crippen LogP contribution in [-0.2, 0) is 11.4 Å². The van der Waals surface area contributed by atoms with Crippen LogP contribution < -0.4 is 0 Å². The van der Waals surface area contributed by atoms with Crippen LogP contribution in [-0.4, -0.2) is 5.71 Å². The number of nitrogens with zero attached hydrogens (tertiary/aromatic N) is 1. The maximum absolute atomic E-state index is 13.4. The second-order valence-corrected chi connectivity index (χ2v) is 7.47. The van der Waals surface area contributed by atoms with Crippen molar-refractivity contribution < 1.29 is 9.23 Å². The highest BCUT2D eigenvalue weighted by atomic mass is 19.1. The lowest BCUT2D eigenvalue weighted by Gasteiger charge is -2.46. The summed E-state index contributed by atoms with van der Waals surface area (Å²) in [4.78, 5) is 5.76. The number of rotatable bonds is 5. The summed E-state index contributed by atoms with van der Waals surface area (Å²) in [7, 11) is 0. The number of oxime groups is 1. The maximum atomic E-state index is 13.4. The van der Waals surface area contributed by atoms with Gasteiger partial charge in [-0.2, -0.15) is 0 Å². The minimum atomic E-state index is -0.210. The molecule has 0 atom stereocenters. The van der Waals surface area contributed by atoms with Gasteiger partial charge in [0, 0.05) is 11.0 Å². The molecule has 2 aromatic carbocycles. The van der Waals surface area contributed by atoms with Crippen molar-refractivity contribution in [3.8, 4) is 0 Å². The fraction of sp³-hybridized carbons (Fsp3) is 0.409. The SMILES string of the molecule is Fc1ccc(C(=NOCc2ccccc2)C23CCC(CC2)CC3)cc1. The Hall–Kier alpha value is -2.16. The van der Waals surface area contributed by atoms with Gasteiger partial charge in [-0.1, -0.05) is 47.6 Å². The van der Waals surface area contributed by atoms with Crippen LogP contribution in [0.3, 0.4) is 0 Å². The van der Waals surface area contributed by atoms with Crippen molar-refractivity contribution in [2.45, 2.75) is 45.1 Å². The van der Waals surface area contributed by atoms with E-state index in [0.29, 0.717) is 6.61 Å². The fourth-order valence-corrected chi connectivity index (χ4v) is 4.41. The zero-order valence-electron chi connectivity index (χ0n) is 14.5. The Kier molecular flexibility index (Phi) is 4.56. The first kappa shape index (κ1) is 16.3. The lowest BCUT2D eigenvalue weighted by Crippen LogP contribution is -2.41. The van der Waals surface area contributed by atoms with E-state index in [1.807, 2.05) is 42.5 Å². The van der Waals surface area contributed by atoms with Crippen molar-refractivity contribution in [3.05, 3.63) is 71.5 Å². The normalized spacial score (nSPS) is 25.8. The number of hydrogen-bond donors (Lipinski definition) is 0. The molecular formula is C22H24FNO. The van der Waals surface area contributed by atoms with Crippen molar-refractivity contribution in [1.82, 2.24) is 0 Å². The lowest BCUT2D eigenvalue weighted by atomic mass is 9.58. The van der Waals surface area contributed by atoms with Gasteiger partial charge < -0.3 is 4.84 Å². The Morgan fingerprint density at radius 1 is 0.960 bits per heavy atom. The zero-order valence-corrected chi connectivity index (χ0v) is 14.5. The highest BCUT2D eigenvalue weighted by Crippen LogP contribution is 2.52. The quantitative estimate of drug-likeness (QED) is 0.505. The van der Waals surface area contributed by atoms with Gasteiger partial charge in [0.05, 0.1) is 5.71 Å². The average Bonchev–Trinajstić information content (AvgIpc) is 2.68. The lowest BCUT2D eigenvalue weighted by molar-refractivity contribution is 0.102. The molecule has 0 saturated heterocycles. The summed E-state index contributed by atoms with van der Waals surface area (Å²) in [6.45, 7) is 0.463. The summed E-state index contributed by atoms with van der Waals surface area (Å²) < 4.78 is 13.4. The molecule has 3 heteroatoms. The van der Waals surface area contributed by atoms with Crippen LogP contribution >= 0.6 is 0 Å². The van der Waals surface area contributed by atoms with Gasteiger partial charge in [0.1, 0.15) is 12.4 Å². The molecule has 0 amide bonds. The molecule has 0 heterocycles. The van der Waals surface area contributed by atoms with E-state index in [1.165, 1.54) is 50.7 Å². The molecule has 0 radical (unpaired) electrons. The third-order valence-corrected chi connectivity index (χ3v) is 5.94. The molecule has 2 aromatic rings. The number of hydrogen-bond acceptors (Lipinski definition) is 2. The van der Waals surface area contributed by atoms with Crippen LogP contribution in [0.15, 0.2) is 59.8 Å². The van der Waals surface area contributed by atoms with E-state index < -0.39 is 0 Å². The Morgan fingerprint density at radius 3 is 2.24 bits per heavy atom. The predicted molar refractivity (Wildman–Crippen MR) is 97.8 cm³/mol. The van der Waals surface area contributed by atoms with E-state index in [9.17, 15) is 4.39 Å². The van der Waals surface area contributed by atoms with Gasteiger partial charge >= 0.3 is 0 Å². The smallest absolute Gasteiger partial charge is 0.142 e. The summed E-state index contributed by atoms with van der Waals surface area (Å²) >= 11 is 0. The first-order chi connectivity index (χ1) is 12.3. The average molecular weight is 337 g/mol. The molecule has 3 aliphatic rings. The zero-order chi connectivity index (χ0) is 17.1. The Morgan fingerprint density at radius 2 is 1.60 bits per heavy atom. The van der Waals surface area contributed by atoms with E-state index in [-0.39, 0.29) is 11.2 Å². The molecule has 2 nitrogen and oxygen atoms in total. The summed E-state index contributed by atoms with van der Waals surface area (Å²) in [6.07, 6.45) is 7.34. The van der Waals surface area contributed by atoms with Gasteiger partial charge in [0.2, 0.25) is 0 Å². The molecule has 0 aromatic heterocycles. The minimum Gasteiger partial charge on any atom is -0.391 e. The molecule has 0 unspecified atom stereocenters. The highest BCUT2D eigenvalue weighted by molar-refractivity contribution is 6.04. The molecule has 130 valence electrons. The van der Waals surface area contributed by atoms with Gasteiger partial charge in [0.25, 0.3) is 0 Å². The first-order valence-electron chi connectivity index (χ1n) is 9.25. The molecule has 0 aliphatic heterocycles. The molecule has 25 heavy (non-hydrogen) atoms. The monoisotopic (exact) mass is 337 g/mol. The molecule has 3 fully saturated rings. The van der Waals surface area contributed by atoms with Gasteiger partial charge in [-0.3, -0.25) is 0 Å². The molecule has 3 saturated carbocycles. The molecule has 3 aliphatic carbocycles. The molecule has 2 bridgehead atoms. The van der Waals surface area contributed by atoms with Crippen LogP contribution in [0.2, 0.25) is 0 Å². The van der Waals surface area contributed by atoms with Crippen LogP contribution in [0.5, 0.6) is 0 Å². The summed E-state index contributed by atoms with van der Waals surface area (Å²) in [6, 6.07) is 16.8. The first-order valence-corrected chi connectivity index (χ1v) is 9.25. The summed E-state index contributed by atoms with van der Waals surface area (Å²) in [5, 5.41) is 4.60. The van der Waals surface area contributed by atoms with Crippen molar-refractivity contribution in [1.29, 1.82) is 0 Å². The minimum absolute atomic E-state index is 0.100. The summed E-state index contributed by atoms with van der Waals surface area (Å²) in [5.41, 5.74) is 3.22. The van der Waals surface area contributed by atoms with Crippen LogP contribution in [0.4, 0.5) is 4.39 Å². The molecule has 5 rings (SSSR count). The van der Waals surface area contributed by atoms with Gasteiger partial charge in [0.15, 0.2) is 0 Å². The standard InChI is InChI=1S/C22H24FNO/c23-20-8-6-19(7-9-20)21(22-13-10-17(11-14-22)12-15-22)24-25-16-18-4-2-1-3-5-18/h1-9,17H,10-16H2. The second kappa shape index (κ2) is 6.99. The van der Waals surface area contributed by atoms with Crippen molar-refractivity contribution >= 4 is 5.71 Å². The van der Waals surface area contributed by atoms with E-state index in [4.69, 9.17) is 4.84 Å². The van der Waals surface area contributed by atoms with Crippen molar-refractivity contribution in [2.24, 2.45) is 16.5 Å². The van der Waals surface area contributed by atoms with Crippen LogP contribution in [0.25, 0.3) is 0 Å². The van der Waals surface area contributed by atoms with Crippen LogP contribution in [0, 0.1) is 17.2 Å². The van der Waals surface area contributed by atoms with E-state index in [2.05, 4.69) is 5.16 Å². The van der Waals surface area contributed by atoms with Gasteiger partial charge in [-0.25, -0.2) is 4.39 Å². The second-order valence-electron chi connectivity index (χ2n) is 7.47. The largest absolute Gasteiger partial charge is 0.391 e. The van der Waals surface area contributed by atoms with Crippen molar-refractivity contribution in [2.75, 3.05) is 0 Å². The number of benzene rings is 2. The van der Waals surface area contributed by atoms with E-state index >= 15 is 0 Å². The molecule has 0 spiro atoms. The predicted octanol–water partition coefficient (Wildman–Crippen LogP) is 5.72. The molecular weight excluding hydrogens is 313 g/mol. The van der Waals surface area contributed by atoms with E-state index in [1.54, 1.807) is 0 Å². The third kappa shape index (κ3) is 3.46. The van der Waals surface area contributed by atoms with Crippen molar-refractivity contribution in [3.63, 3.8) is 0 Å². The molecule has 0 N–H and O–H groups in total. The van der Waals surface area contributed by atoms with Gasteiger partial charge in [-0.05, 0) is 62.1 Å². The fourth-order valence-electron chi connectivity index (χ4n) is 4.41. The van der Waals surface area contributed by atoms with Crippen LogP contribution in [0.1, 0.15) is 49.7 Å². The Bertz CT molecular complexity index is 717. The Labute approximate surface area is 148 Å².